The van der Waals surface area contributed by atoms with Crippen molar-refractivity contribution in [3.63, 3.8) is 0 Å². The smallest absolute Gasteiger partial charge is 0.343 e. The monoisotopic (exact) mass is 387 g/mol. The highest BCUT2D eigenvalue weighted by molar-refractivity contribution is 5.95. The lowest BCUT2D eigenvalue weighted by molar-refractivity contribution is -0.116. The van der Waals surface area contributed by atoms with Gasteiger partial charge in [0, 0.05) is 18.0 Å². The first-order valence-corrected chi connectivity index (χ1v) is 8.14. The van der Waals surface area contributed by atoms with Crippen LogP contribution in [0, 0.1) is 18.6 Å². The number of hydrogen-bond acceptors (Lipinski definition) is 5. The van der Waals surface area contributed by atoms with Gasteiger partial charge in [0.05, 0.1) is 18.2 Å². The standard InChI is InChI=1S/C19H15F2N3O4/c1-10-3-5-12-17(26)13(19(27)28-2)8-24(18(12)22-10)9-16(25)23-15-7-11(20)4-6-14(15)21/h3-8H,9H2,1-2H3,(H,23,25). The Kier molecular flexibility index (Phi) is 5.16. The molecule has 1 aromatic carbocycles. The van der Waals surface area contributed by atoms with Gasteiger partial charge >= 0.3 is 5.97 Å². The minimum absolute atomic E-state index is 0.123. The van der Waals surface area contributed by atoms with Crippen molar-refractivity contribution in [2.45, 2.75) is 13.5 Å². The van der Waals surface area contributed by atoms with Crippen molar-refractivity contribution in [3.05, 3.63) is 69.6 Å². The lowest BCUT2D eigenvalue weighted by atomic mass is 10.2. The van der Waals surface area contributed by atoms with Crippen molar-refractivity contribution < 1.29 is 23.1 Å². The second-order valence-corrected chi connectivity index (χ2v) is 5.99. The number of carbonyl (C=O) groups excluding carboxylic acids is 2. The number of rotatable bonds is 4. The van der Waals surface area contributed by atoms with Crippen LogP contribution in [0.4, 0.5) is 14.5 Å². The lowest BCUT2D eigenvalue weighted by Crippen LogP contribution is -2.25. The molecule has 0 saturated carbocycles. The van der Waals surface area contributed by atoms with Gasteiger partial charge in [-0.25, -0.2) is 18.6 Å². The molecule has 3 aromatic rings. The van der Waals surface area contributed by atoms with Gasteiger partial charge in [-0.2, -0.15) is 0 Å². The molecule has 0 spiro atoms. The number of aromatic nitrogens is 2. The van der Waals surface area contributed by atoms with E-state index in [2.05, 4.69) is 15.0 Å². The fraction of sp³-hybridized carbons (Fsp3) is 0.158. The first-order chi connectivity index (χ1) is 13.3. The Morgan fingerprint density at radius 3 is 2.68 bits per heavy atom. The summed E-state index contributed by atoms with van der Waals surface area (Å²) in [6.07, 6.45) is 1.16. The molecule has 7 nitrogen and oxygen atoms in total. The average Bonchev–Trinajstić information content (AvgIpc) is 2.66. The zero-order valence-electron chi connectivity index (χ0n) is 15.0. The van der Waals surface area contributed by atoms with Gasteiger partial charge in [-0.1, -0.05) is 0 Å². The Bertz CT molecular complexity index is 1160. The molecular formula is C19H15F2N3O4. The number of aryl methyl sites for hydroxylation is 1. The fourth-order valence-corrected chi connectivity index (χ4v) is 2.67. The molecule has 0 aliphatic rings. The number of benzene rings is 1. The summed E-state index contributed by atoms with van der Waals surface area (Å²) in [5.41, 5.74) is -0.421. The Hall–Kier alpha value is -3.62. The molecule has 9 heteroatoms. The van der Waals surface area contributed by atoms with Gasteiger partial charge in [-0.15, -0.1) is 0 Å². The Labute approximate surface area is 157 Å². The molecule has 2 heterocycles. The van der Waals surface area contributed by atoms with Crippen molar-refractivity contribution in [1.29, 1.82) is 0 Å². The third kappa shape index (κ3) is 3.73. The van der Waals surface area contributed by atoms with Crippen LogP contribution in [0.1, 0.15) is 16.1 Å². The van der Waals surface area contributed by atoms with Crippen LogP contribution in [0.5, 0.6) is 0 Å². The molecule has 144 valence electrons. The summed E-state index contributed by atoms with van der Waals surface area (Å²) in [7, 11) is 1.13. The summed E-state index contributed by atoms with van der Waals surface area (Å²) in [5, 5.41) is 2.38. The normalized spacial score (nSPS) is 10.7. The maximum absolute atomic E-state index is 13.7. The maximum atomic E-state index is 13.7. The molecule has 1 N–H and O–H groups in total. The first kappa shape index (κ1) is 19.2. The molecule has 0 aliphatic carbocycles. The largest absolute Gasteiger partial charge is 0.465 e. The third-order valence-electron chi connectivity index (χ3n) is 3.98. The SMILES string of the molecule is COC(=O)c1cn(CC(=O)Nc2cc(F)ccc2F)c2nc(C)ccc2c1=O. The summed E-state index contributed by atoms with van der Waals surface area (Å²) in [6.45, 7) is 1.30. The van der Waals surface area contributed by atoms with Crippen LogP contribution in [0.3, 0.4) is 0 Å². The van der Waals surface area contributed by atoms with Gasteiger partial charge in [0.1, 0.15) is 29.4 Å². The Morgan fingerprint density at radius 2 is 1.96 bits per heavy atom. The minimum atomic E-state index is -0.863. The van der Waals surface area contributed by atoms with Crippen molar-refractivity contribution in [2.24, 2.45) is 0 Å². The second kappa shape index (κ2) is 7.55. The van der Waals surface area contributed by atoms with Gasteiger partial charge < -0.3 is 14.6 Å². The molecular weight excluding hydrogens is 372 g/mol. The molecule has 0 saturated heterocycles. The number of ether oxygens (including phenoxy) is 1. The summed E-state index contributed by atoms with van der Waals surface area (Å²) in [5.74, 6) is -3.08. The van der Waals surface area contributed by atoms with Crippen LogP contribution in [0.15, 0.2) is 41.3 Å². The molecule has 2 aromatic heterocycles. The summed E-state index contributed by atoms with van der Waals surface area (Å²) in [4.78, 5) is 41.0. The van der Waals surface area contributed by atoms with Crippen molar-refractivity contribution in [1.82, 2.24) is 9.55 Å². The van der Waals surface area contributed by atoms with Crippen LogP contribution in [0.25, 0.3) is 11.0 Å². The van der Waals surface area contributed by atoms with Gasteiger partial charge in [0.25, 0.3) is 0 Å². The van der Waals surface area contributed by atoms with E-state index in [1.165, 1.54) is 10.6 Å². The number of methoxy groups -OCH3 is 1. The van der Waals surface area contributed by atoms with E-state index in [1.807, 2.05) is 0 Å². The maximum Gasteiger partial charge on any atom is 0.343 e. The highest BCUT2D eigenvalue weighted by Crippen LogP contribution is 2.16. The number of esters is 1. The topological polar surface area (TPSA) is 90.3 Å². The number of anilines is 1. The van der Waals surface area contributed by atoms with Crippen molar-refractivity contribution in [2.75, 3.05) is 12.4 Å². The summed E-state index contributed by atoms with van der Waals surface area (Å²) in [6, 6.07) is 5.75. The van der Waals surface area contributed by atoms with Crippen LogP contribution in [-0.2, 0) is 16.1 Å². The minimum Gasteiger partial charge on any atom is -0.465 e. The van der Waals surface area contributed by atoms with Crippen molar-refractivity contribution >= 4 is 28.6 Å². The number of amides is 1. The highest BCUT2D eigenvalue weighted by atomic mass is 19.1. The van der Waals surface area contributed by atoms with Gasteiger partial charge in [-0.3, -0.25) is 9.59 Å². The molecule has 0 bridgehead atoms. The number of hydrogen-bond donors (Lipinski definition) is 1. The van der Waals surface area contributed by atoms with E-state index in [0.29, 0.717) is 5.69 Å². The molecule has 1 amide bonds. The van der Waals surface area contributed by atoms with Crippen molar-refractivity contribution in [3.8, 4) is 0 Å². The molecule has 0 radical (unpaired) electrons. The number of fused-ring (bicyclic) bond motifs is 1. The molecule has 28 heavy (non-hydrogen) atoms. The van der Waals surface area contributed by atoms with Gasteiger partial charge in [0.2, 0.25) is 11.3 Å². The average molecular weight is 387 g/mol. The van der Waals surface area contributed by atoms with Gasteiger partial charge in [0.15, 0.2) is 0 Å². The Morgan fingerprint density at radius 1 is 1.21 bits per heavy atom. The number of carbonyl (C=O) groups is 2. The Balaban J connectivity index is 2.04. The predicted octanol–water partition coefficient (Wildman–Crippen LogP) is 2.41. The number of nitrogens with zero attached hydrogens (tertiary/aromatic N) is 2. The molecule has 0 unspecified atom stereocenters. The van der Waals surface area contributed by atoms with Crippen LogP contribution in [0.2, 0.25) is 0 Å². The summed E-state index contributed by atoms with van der Waals surface area (Å²) < 4.78 is 32.9. The molecule has 0 fully saturated rings. The lowest BCUT2D eigenvalue weighted by Gasteiger charge is -2.13. The van der Waals surface area contributed by atoms with E-state index in [9.17, 15) is 23.2 Å². The summed E-state index contributed by atoms with van der Waals surface area (Å²) >= 11 is 0. The zero-order valence-corrected chi connectivity index (χ0v) is 15.0. The predicted molar refractivity (Wildman–Crippen MR) is 97.1 cm³/mol. The van der Waals surface area contributed by atoms with Gasteiger partial charge in [-0.05, 0) is 31.2 Å². The number of nitrogens with one attached hydrogen (secondary N) is 1. The van der Waals surface area contributed by atoms with E-state index in [0.717, 1.165) is 31.5 Å². The second-order valence-electron chi connectivity index (χ2n) is 5.99. The van der Waals surface area contributed by atoms with E-state index < -0.39 is 35.5 Å². The van der Waals surface area contributed by atoms with Crippen LogP contribution in [-0.4, -0.2) is 28.5 Å². The van der Waals surface area contributed by atoms with Crippen LogP contribution >= 0.6 is 0 Å². The van der Waals surface area contributed by atoms with E-state index in [4.69, 9.17) is 0 Å². The quantitative estimate of drug-likeness (QED) is 0.695. The highest BCUT2D eigenvalue weighted by Gasteiger charge is 2.18. The molecule has 0 atom stereocenters. The van der Waals surface area contributed by atoms with E-state index in [-0.39, 0.29) is 22.3 Å². The first-order valence-electron chi connectivity index (χ1n) is 8.14. The molecule has 3 rings (SSSR count). The van der Waals surface area contributed by atoms with E-state index >= 15 is 0 Å². The fourth-order valence-electron chi connectivity index (χ4n) is 2.67. The number of pyridine rings is 2. The van der Waals surface area contributed by atoms with Crippen LogP contribution < -0.4 is 10.7 Å². The molecule has 0 aliphatic heterocycles. The number of halogens is 2. The van der Waals surface area contributed by atoms with E-state index in [1.54, 1.807) is 13.0 Å². The third-order valence-corrected chi connectivity index (χ3v) is 3.98. The zero-order chi connectivity index (χ0) is 20.4.